The summed E-state index contributed by atoms with van der Waals surface area (Å²) in [5.74, 6) is -21.7. The van der Waals surface area contributed by atoms with E-state index in [0.717, 1.165) is 11.8 Å². The number of thioether (sulfide) groups is 1. The normalized spacial score (nSPS) is 22.3. The summed E-state index contributed by atoms with van der Waals surface area (Å²) in [7, 11) is 0. The average molecular weight is 1880 g/mol. The topological polar surface area (TPSA) is 717 Å². The van der Waals surface area contributed by atoms with Gasteiger partial charge in [0.05, 0.1) is 49.4 Å². The Hall–Kier alpha value is -14.9. The van der Waals surface area contributed by atoms with Crippen LogP contribution in [0.5, 0.6) is 23.0 Å². The SMILES string of the molecule is CC[C@H](C)[C@@H]1NC(=O)[C@H](CCC(=O)O)NC(=O)CNC(=O)[C@H](Cc2ccc(O)cc2)NC(=O)[C@H](CC(C)C)NC(=O)[C@H]([C@@H](C)CC)NC(=O)[C@H](CCCNC(=N)N)NC(=O)[C@H](Cc2ccc(O)cc2)NC(=O)[C@H](Cc2ccc(O)cc2)NC(=O)[C@H](Cc2c[nH]cn2)NC(=O)[C@H](Cc2c[nH]cn2)NC(=O)[C@H](Cc2ccc(O)cc2)NC(=O)CSC[C@@H](C(=O)NCC(N)=O)NC(=O)CNC1=O. The van der Waals surface area contributed by atoms with Crippen LogP contribution in [-0.4, -0.2) is 262 Å². The third-order valence-corrected chi connectivity index (χ3v) is 22.6. The number of primary amides is 1. The van der Waals surface area contributed by atoms with E-state index in [9.17, 15) is 73.5 Å². The van der Waals surface area contributed by atoms with Gasteiger partial charge in [-0.2, -0.15) is 0 Å². The molecule has 46 heteroatoms. The van der Waals surface area contributed by atoms with Crippen molar-refractivity contribution in [2.75, 3.05) is 37.7 Å². The first-order valence-corrected chi connectivity index (χ1v) is 44.6. The summed E-state index contributed by atoms with van der Waals surface area (Å²) in [4.78, 5) is 258. The van der Waals surface area contributed by atoms with Crippen molar-refractivity contribution in [3.63, 3.8) is 0 Å². The second kappa shape index (κ2) is 53.4. The maximum Gasteiger partial charge on any atom is 0.303 e. The Balaban J connectivity index is 1.32. The van der Waals surface area contributed by atoms with Gasteiger partial charge in [-0.15, -0.1) is 11.8 Å². The van der Waals surface area contributed by atoms with Crippen molar-refractivity contribution < 1.29 is 107 Å². The minimum atomic E-state index is -1.73. The van der Waals surface area contributed by atoms with Crippen LogP contribution in [0.25, 0.3) is 0 Å². The number of phenolic OH excluding ortho intramolecular Hbond substituents is 4. The number of rotatable bonds is 28. The second-order valence-electron chi connectivity index (χ2n) is 32.7. The molecule has 0 radical (unpaired) electrons. The van der Waals surface area contributed by atoms with E-state index in [-0.39, 0.29) is 98.2 Å². The van der Waals surface area contributed by atoms with Crippen LogP contribution in [0.4, 0.5) is 0 Å². The molecule has 0 saturated carbocycles. The fraction of sp³-hybridized carbons (Fsp3) is 0.455. The first-order chi connectivity index (χ1) is 63.7. The molecule has 1 fully saturated rings. The quantitative estimate of drug-likeness (QED) is 0.0128. The van der Waals surface area contributed by atoms with E-state index in [1.807, 2.05) is 0 Å². The highest BCUT2D eigenvalue weighted by Gasteiger charge is 2.40. The maximum atomic E-state index is 15.5. The summed E-state index contributed by atoms with van der Waals surface area (Å²) in [6.07, 6.45) is 1.84. The van der Waals surface area contributed by atoms with Crippen molar-refractivity contribution in [1.29, 1.82) is 5.41 Å². The molecule has 28 N–H and O–H groups in total. The van der Waals surface area contributed by atoms with Crippen molar-refractivity contribution in [2.24, 2.45) is 29.2 Å². The van der Waals surface area contributed by atoms with Crippen LogP contribution in [0, 0.1) is 23.2 Å². The number of nitrogens with one attached hydrogen (secondary N) is 19. The molecule has 14 atom stereocenters. The van der Waals surface area contributed by atoms with Gasteiger partial charge in [-0.25, -0.2) is 9.97 Å². The lowest BCUT2D eigenvalue weighted by molar-refractivity contribution is -0.138. The molecule has 0 bridgehead atoms. The number of carbonyl (C=O) groups is 17. The number of hydrogen-bond donors (Lipinski definition) is 26. The van der Waals surface area contributed by atoms with Crippen LogP contribution in [0.15, 0.2) is 122 Å². The summed E-state index contributed by atoms with van der Waals surface area (Å²) in [5, 5.41) is 100. The van der Waals surface area contributed by atoms with Crippen molar-refractivity contribution in [2.45, 2.75) is 198 Å². The highest BCUT2D eigenvalue weighted by atomic mass is 32.2. The molecule has 724 valence electrons. The average Bonchev–Trinajstić information content (AvgIpc) is 1.10. The predicted molar refractivity (Wildman–Crippen MR) is 485 cm³/mol. The number of aromatic hydroxyl groups is 4. The summed E-state index contributed by atoms with van der Waals surface area (Å²) in [6, 6.07) is 2.44. The predicted octanol–water partition coefficient (Wildman–Crippen LogP) is -3.62. The molecule has 4 aromatic carbocycles. The molecule has 6 aromatic rings. The number of phenols is 4. The van der Waals surface area contributed by atoms with Gasteiger partial charge in [-0.3, -0.25) is 86.9 Å². The van der Waals surface area contributed by atoms with Crippen molar-refractivity contribution in [3.05, 3.63) is 156 Å². The van der Waals surface area contributed by atoms with Gasteiger partial charge in [0.2, 0.25) is 94.5 Å². The summed E-state index contributed by atoms with van der Waals surface area (Å²) >= 11 is 0.727. The Labute approximate surface area is 775 Å². The number of guanidine groups is 1. The summed E-state index contributed by atoms with van der Waals surface area (Å²) < 4.78 is 0. The number of amides is 16. The van der Waals surface area contributed by atoms with Gasteiger partial charge in [0.15, 0.2) is 5.96 Å². The number of aromatic amines is 2. The number of aliphatic carboxylic acids is 1. The van der Waals surface area contributed by atoms with E-state index in [0.29, 0.717) is 22.3 Å². The van der Waals surface area contributed by atoms with Gasteiger partial charge >= 0.3 is 5.97 Å². The molecule has 7 rings (SSSR count). The Kier molecular flexibility index (Phi) is 42.3. The number of aromatic nitrogens is 4. The van der Waals surface area contributed by atoms with Crippen LogP contribution in [-0.2, 0) is 120 Å². The van der Waals surface area contributed by atoms with Crippen LogP contribution in [0.2, 0.25) is 0 Å². The van der Waals surface area contributed by atoms with Crippen molar-refractivity contribution in [3.8, 4) is 23.0 Å². The Bertz CT molecular complexity index is 5010. The third kappa shape index (κ3) is 36.5. The summed E-state index contributed by atoms with van der Waals surface area (Å²) in [5.41, 5.74) is 12.7. The fourth-order valence-corrected chi connectivity index (χ4v) is 14.7. The van der Waals surface area contributed by atoms with E-state index >= 15 is 33.6 Å². The minimum absolute atomic E-state index is 0.00228. The number of H-pyrrole nitrogens is 2. The highest BCUT2D eigenvalue weighted by molar-refractivity contribution is 8.00. The lowest BCUT2D eigenvalue weighted by Crippen LogP contribution is -2.62. The van der Waals surface area contributed by atoms with Gasteiger partial charge in [0.25, 0.3) is 0 Å². The van der Waals surface area contributed by atoms with Gasteiger partial charge < -0.3 is 132 Å². The molecular formula is C88H119N23O22S. The standard InChI is InChI=1S/C88H119N23O22S/c1-7-47(5)74-86(132)97-41-71(118)102-68(77(123)95-39-69(89)116)42-134-43-72(119)101-63(32-50-13-21-56(113)22-14-50)81(127)107-67(36-54-38-93-45-99-54)85(131)108-66(35-53-37-92-44-98-53)84(130)106-65(34-52-17-25-58(115)26-18-52)83(129)105-64(33-51-15-23-57(114)24-16-51)82(128)103-59(10-9-29-94-88(90)91)78(124)111-75(48(6)8-2)87(133)109-61(30-46(3)4)80(126)104-62(31-49-11-19-55(112)20-12-49)76(122)96-40-70(117)100-60(79(125)110-74)27-28-73(120)121/h11-26,37-38,44-48,59-68,74-75,112-115H,7-10,27-36,39-43H2,1-6H3,(H2,89,116)(H,92,98)(H,93,99)(H,95,123)(H,96,122)(H,97,132)(H,100,117)(H,101,119)(H,102,118)(H,103,128)(H,104,126)(H,105,129)(H,106,130)(H,107,127)(H,108,131)(H,109,133)(H,110,125)(H,111,124)(H,120,121)(H4,90,91,94)/t47-,48-,59-,60-,61-,62-,63-,64-,65-,66-,67-,68-,74-,75-/m0/s1. The van der Waals surface area contributed by atoms with E-state index < -0.39 is 254 Å². The van der Waals surface area contributed by atoms with E-state index in [1.165, 1.54) is 122 Å². The minimum Gasteiger partial charge on any atom is -0.508 e. The number of hydrogen-bond acceptors (Lipinski definition) is 25. The van der Waals surface area contributed by atoms with Crippen molar-refractivity contribution in [1.82, 2.24) is 105 Å². The largest absolute Gasteiger partial charge is 0.508 e. The molecule has 2 aromatic heterocycles. The lowest BCUT2D eigenvalue weighted by Gasteiger charge is -2.30. The number of imidazole rings is 2. The molecule has 3 heterocycles. The Morgan fingerprint density at radius 1 is 0.433 bits per heavy atom. The van der Waals surface area contributed by atoms with Crippen LogP contribution in [0.1, 0.15) is 120 Å². The molecule has 1 aliphatic heterocycles. The first kappa shape index (κ1) is 106. The number of benzene rings is 4. The molecule has 134 heavy (non-hydrogen) atoms. The molecule has 0 aliphatic carbocycles. The highest BCUT2D eigenvalue weighted by Crippen LogP contribution is 2.21. The van der Waals surface area contributed by atoms with Gasteiger partial charge in [0, 0.05) is 69.6 Å². The molecule has 45 nitrogen and oxygen atoms in total. The molecule has 16 amide bonds. The molecule has 1 saturated heterocycles. The Morgan fingerprint density at radius 3 is 1.17 bits per heavy atom. The fourth-order valence-electron chi connectivity index (χ4n) is 13.8. The first-order valence-electron chi connectivity index (χ1n) is 43.4. The second-order valence-corrected chi connectivity index (χ2v) is 33.8. The monoisotopic (exact) mass is 1880 g/mol. The smallest absolute Gasteiger partial charge is 0.303 e. The van der Waals surface area contributed by atoms with E-state index in [2.05, 4.69) is 105 Å². The molecule has 1 aliphatic rings. The molecular weight excluding hydrogens is 1760 g/mol. The van der Waals surface area contributed by atoms with Gasteiger partial charge in [-0.1, -0.05) is 103 Å². The Morgan fingerprint density at radius 2 is 0.784 bits per heavy atom. The molecule has 0 unspecified atom stereocenters. The number of carbonyl (C=O) groups excluding carboxylic acids is 16. The maximum absolute atomic E-state index is 15.5. The van der Waals surface area contributed by atoms with E-state index in [4.69, 9.17) is 16.9 Å². The zero-order chi connectivity index (χ0) is 98.3. The molecule has 0 spiro atoms. The summed E-state index contributed by atoms with van der Waals surface area (Å²) in [6.45, 7) is 7.35. The number of nitrogens with zero attached hydrogens (tertiary/aromatic N) is 2. The van der Waals surface area contributed by atoms with Gasteiger partial charge in [-0.05, 0) is 114 Å². The van der Waals surface area contributed by atoms with Crippen LogP contribution in [0.3, 0.4) is 0 Å². The number of carboxylic acids is 1. The lowest BCUT2D eigenvalue weighted by atomic mass is 9.95. The van der Waals surface area contributed by atoms with E-state index in [1.54, 1.807) is 41.5 Å². The zero-order valence-electron chi connectivity index (χ0n) is 74.8. The number of nitrogens with two attached hydrogens (primary N) is 2. The van der Waals surface area contributed by atoms with Crippen LogP contribution < -0.4 is 96.5 Å². The van der Waals surface area contributed by atoms with Gasteiger partial charge in [0.1, 0.15) is 95.5 Å². The zero-order valence-corrected chi connectivity index (χ0v) is 75.6. The van der Waals surface area contributed by atoms with Crippen LogP contribution >= 0.6 is 11.8 Å². The van der Waals surface area contributed by atoms with Crippen molar-refractivity contribution >= 4 is 118 Å². The third-order valence-electron chi connectivity index (χ3n) is 21.6. The number of carboxylic acid groups (broad SMARTS) is 1.